The Bertz CT molecular complexity index is 930. The van der Waals surface area contributed by atoms with Gasteiger partial charge in [0.15, 0.2) is 0 Å². The van der Waals surface area contributed by atoms with E-state index >= 15 is 0 Å². The Morgan fingerprint density at radius 1 is 0.946 bits per heavy atom. The van der Waals surface area contributed by atoms with E-state index in [9.17, 15) is 14.4 Å². The van der Waals surface area contributed by atoms with Crippen molar-refractivity contribution in [3.8, 4) is 0 Å². The number of piperazine rings is 1. The molecule has 5 rings (SSSR count). The van der Waals surface area contributed by atoms with Gasteiger partial charge in [-0.05, 0) is 24.8 Å². The Morgan fingerprint density at radius 2 is 1.70 bits per heavy atom. The number of thioether (sulfide) groups is 1. The molecule has 202 valence electrons. The summed E-state index contributed by atoms with van der Waals surface area (Å²) in [4.78, 5) is 47.1. The molecule has 1 N–H and O–H groups in total. The molecule has 1 saturated carbocycles. The molecule has 0 unspecified atom stereocenters. The molecule has 4 aliphatic rings. The first-order chi connectivity index (χ1) is 18.1. The van der Waals surface area contributed by atoms with E-state index in [1.54, 1.807) is 16.7 Å². The summed E-state index contributed by atoms with van der Waals surface area (Å²) in [5, 5.41) is 3.22. The predicted molar refractivity (Wildman–Crippen MR) is 143 cm³/mol. The highest BCUT2D eigenvalue weighted by atomic mass is 32.2. The lowest BCUT2D eigenvalue weighted by molar-refractivity contribution is -0.134. The third-order valence-corrected chi connectivity index (χ3v) is 9.08. The molecule has 0 aromatic heterocycles. The minimum atomic E-state index is -0.500. The lowest BCUT2D eigenvalue weighted by Crippen LogP contribution is -2.56. The van der Waals surface area contributed by atoms with Crippen molar-refractivity contribution in [3.05, 3.63) is 35.9 Å². The molecule has 3 saturated heterocycles. The zero-order chi connectivity index (χ0) is 25.6. The van der Waals surface area contributed by atoms with Crippen molar-refractivity contribution in [3.63, 3.8) is 0 Å². The van der Waals surface area contributed by atoms with Crippen LogP contribution in [0.5, 0.6) is 0 Å². The topological polar surface area (TPSA) is 85.4 Å². The van der Waals surface area contributed by atoms with Crippen LogP contribution in [0.3, 0.4) is 0 Å². The van der Waals surface area contributed by atoms with Crippen LogP contribution in [-0.2, 0) is 16.1 Å². The van der Waals surface area contributed by atoms with E-state index in [0.717, 1.165) is 43.8 Å². The number of likely N-dealkylation sites (tertiary alicyclic amines) is 1. The van der Waals surface area contributed by atoms with Crippen LogP contribution >= 0.6 is 11.8 Å². The fraction of sp³-hybridized carbons (Fsp3) is 0.667. The fourth-order valence-corrected chi connectivity index (χ4v) is 6.87. The third-order valence-electron chi connectivity index (χ3n) is 8.12. The lowest BCUT2D eigenvalue weighted by atomic mass is 9.96. The van der Waals surface area contributed by atoms with Crippen molar-refractivity contribution < 1.29 is 19.1 Å². The van der Waals surface area contributed by atoms with Gasteiger partial charge < -0.3 is 19.9 Å². The fourth-order valence-electron chi connectivity index (χ4n) is 5.92. The summed E-state index contributed by atoms with van der Waals surface area (Å²) in [6.07, 6.45) is 5.99. The summed E-state index contributed by atoms with van der Waals surface area (Å²) in [5.41, 5.74) is 0.924. The number of nitrogens with zero attached hydrogens (tertiary/aromatic N) is 4. The number of amides is 4. The van der Waals surface area contributed by atoms with Gasteiger partial charge in [-0.25, -0.2) is 9.59 Å². The largest absolute Gasteiger partial charge is 0.445 e. The van der Waals surface area contributed by atoms with E-state index in [0.29, 0.717) is 38.0 Å². The predicted octanol–water partition coefficient (Wildman–Crippen LogP) is 2.96. The first-order valence-electron chi connectivity index (χ1n) is 13.7. The molecule has 1 aromatic rings. The number of rotatable bonds is 5. The first kappa shape index (κ1) is 26.2. The van der Waals surface area contributed by atoms with E-state index in [1.807, 2.05) is 40.1 Å². The molecule has 10 heteroatoms. The quantitative estimate of drug-likeness (QED) is 0.631. The van der Waals surface area contributed by atoms with E-state index in [1.165, 1.54) is 19.3 Å². The van der Waals surface area contributed by atoms with Crippen molar-refractivity contribution in [2.24, 2.45) is 0 Å². The standard InChI is InChI=1S/C27H39N5O4S/c33-25(31-15-16-37-20-31)24-17-23(18-32(24)27(35)36-19-21-7-3-1-4-8-21)29-11-13-30(14-12-29)26(34)28-22-9-5-2-6-10-22/h1,3-4,7-8,22-24H,2,5-6,9-20H2,(H,28,34)/t23-,24-/m0/s1. The van der Waals surface area contributed by atoms with Gasteiger partial charge in [0.1, 0.15) is 12.6 Å². The molecule has 0 bridgehead atoms. The van der Waals surface area contributed by atoms with E-state index in [4.69, 9.17) is 4.74 Å². The Labute approximate surface area is 223 Å². The normalized spacial score (nSPS) is 25.4. The number of ether oxygens (including phenoxy) is 1. The Hall–Kier alpha value is -2.46. The van der Waals surface area contributed by atoms with Crippen molar-refractivity contribution in [2.45, 2.75) is 63.3 Å². The highest BCUT2D eigenvalue weighted by Gasteiger charge is 2.45. The van der Waals surface area contributed by atoms with Crippen LogP contribution < -0.4 is 5.32 Å². The molecule has 1 aromatic carbocycles. The van der Waals surface area contributed by atoms with Crippen LogP contribution in [0.25, 0.3) is 0 Å². The molecule has 0 radical (unpaired) electrons. The summed E-state index contributed by atoms with van der Waals surface area (Å²) in [7, 11) is 0. The van der Waals surface area contributed by atoms with Crippen LogP contribution in [0.1, 0.15) is 44.1 Å². The maximum atomic E-state index is 13.4. The number of benzene rings is 1. The minimum Gasteiger partial charge on any atom is -0.445 e. The van der Waals surface area contributed by atoms with Gasteiger partial charge in [0.2, 0.25) is 5.91 Å². The summed E-state index contributed by atoms with van der Waals surface area (Å²) in [6.45, 7) is 4.21. The summed E-state index contributed by atoms with van der Waals surface area (Å²) < 4.78 is 5.64. The molecular weight excluding hydrogens is 490 g/mol. The van der Waals surface area contributed by atoms with E-state index in [-0.39, 0.29) is 24.6 Å². The number of urea groups is 1. The van der Waals surface area contributed by atoms with Crippen LogP contribution in [-0.4, -0.2) is 107 Å². The molecule has 2 atom stereocenters. The highest BCUT2D eigenvalue weighted by Crippen LogP contribution is 2.28. The minimum absolute atomic E-state index is 0.0228. The molecule has 1 aliphatic carbocycles. The third kappa shape index (κ3) is 6.52. The van der Waals surface area contributed by atoms with Crippen molar-refractivity contribution in [2.75, 3.05) is 50.9 Å². The Kier molecular flexibility index (Phi) is 8.76. The molecule has 4 amide bonds. The monoisotopic (exact) mass is 529 g/mol. The Morgan fingerprint density at radius 3 is 2.41 bits per heavy atom. The van der Waals surface area contributed by atoms with Gasteiger partial charge in [0, 0.05) is 57.1 Å². The summed E-state index contributed by atoms with van der Waals surface area (Å²) >= 11 is 1.75. The summed E-state index contributed by atoms with van der Waals surface area (Å²) in [6, 6.07) is 9.55. The van der Waals surface area contributed by atoms with Crippen LogP contribution in [0.15, 0.2) is 30.3 Å². The zero-order valence-corrected chi connectivity index (χ0v) is 22.4. The van der Waals surface area contributed by atoms with E-state index in [2.05, 4.69) is 10.2 Å². The molecule has 9 nitrogen and oxygen atoms in total. The summed E-state index contributed by atoms with van der Waals surface area (Å²) in [5.74, 6) is 1.64. The second kappa shape index (κ2) is 12.4. The van der Waals surface area contributed by atoms with E-state index < -0.39 is 12.1 Å². The van der Waals surface area contributed by atoms with Crippen LogP contribution in [0.4, 0.5) is 9.59 Å². The highest BCUT2D eigenvalue weighted by molar-refractivity contribution is 7.99. The SMILES string of the molecule is O=C(NC1CCCCC1)N1CCN([C@H]2C[C@@H](C(=O)N3CCSC3)N(C(=O)OCc3ccccc3)C2)CC1. The lowest BCUT2D eigenvalue weighted by Gasteiger charge is -2.38. The number of hydrogen-bond donors (Lipinski definition) is 1. The van der Waals surface area contributed by atoms with Crippen LogP contribution in [0.2, 0.25) is 0 Å². The van der Waals surface area contributed by atoms with Gasteiger partial charge in [0.25, 0.3) is 0 Å². The molecule has 37 heavy (non-hydrogen) atoms. The molecular formula is C27H39N5O4S. The van der Waals surface area contributed by atoms with Crippen molar-refractivity contribution in [1.82, 2.24) is 24.9 Å². The van der Waals surface area contributed by atoms with Gasteiger partial charge in [-0.3, -0.25) is 14.6 Å². The van der Waals surface area contributed by atoms with Crippen molar-refractivity contribution in [1.29, 1.82) is 0 Å². The molecule has 3 aliphatic heterocycles. The molecule has 4 fully saturated rings. The average Bonchev–Trinajstić information content (AvgIpc) is 3.64. The maximum absolute atomic E-state index is 13.4. The average molecular weight is 530 g/mol. The molecule has 0 spiro atoms. The zero-order valence-electron chi connectivity index (χ0n) is 21.6. The van der Waals surface area contributed by atoms with Gasteiger partial charge >= 0.3 is 12.1 Å². The van der Waals surface area contributed by atoms with Gasteiger partial charge in [-0.1, -0.05) is 49.6 Å². The maximum Gasteiger partial charge on any atom is 0.410 e. The van der Waals surface area contributed by atoms with Crippen molar-refractivity contribution >= 4 is 29.8 Å². The number of carbonyl (C=O) groups excluding carboxylic acids is 3. The Balaban J connectivity index is 1.17. The van der Waals surface area contributed by atoms with Crippen LogP contribution in [0, 0.1) is 0 Å². The second-order valence-electron chi connectivity index (χ2n) is 10.5. The van der Waals surface area contributed by atoms with Gasteiger partial charge in [-0.15, -0.1) is 11.8 Å². The number of hydrogen-bond acceptors (Lipinski definition) is 6. The smallest absolute Gasteiger partial charge is 0.410 e. The first-order valence-corrected chi connectivity index (χ1v) is 14.9. The van der Waals surface area contributed by atoms with Gasteiger partial charge in [-0.2, -0.15) is 0 Å². The number of carbonyl (C=O) groups is 3. The second-order valence-corrected chi connectivity index (χ2v) is 11.6. The number of nitrogens with one attached hydrogen (secondary N) is 1. The molecule has 3 heterocycles. The van der Waals surface area contributed by atoms with Gasteiger partial charge in [0.05, 0.1) is 5.88 Å².